The maximum Gasteiger partial charge on any atom is 0.165 e. The van der Waals surface area contributed by atoms with Crippen LogP contribution in [0.25, 0.3) is 44.6 Å². The molecule has 0 aliphatic rings. The van der Waals surface area contributed by atoms with Gasteiger partial charge in [-0.05, 0) is 102 Å². The Balaban J connectivity index is 0.000000186. The summed E-state index contributed by atoms with van der Waals surface area (Å²) in [6.07, 6.45) is 5.25. The number of hydrogen-bond donors (Lipinski definition) is 1. The number of pyridine rings is 2. The summed E-state index contributed by atoms with van der Waals surface area (Å²) in [7, 11) is 2.88. The molecule has 62 heavy (non-hydrogen) atoms. The van der Waals surface area contributed by atoms with E-state index in [0.29, 0.717) is 54.8 Å². The second kappa shape index (κ2) is 18.4. The fourth-order valence-electron chi connectivity index (χ4n) is 7.65. The van der Waals surface area contributed by atoms with Crippen molar-refractivity contribution in [2.24, 2.45) is 0 Å². The molecule has 8 aromatic rings. The molecule has 1 atom stereocenters. The highest BCUT2D eigenvalue weighted by Crippen LogP contribution is 2.31. The smallest absolute Gasteiger partial charge is 0.165 e. The molecule has 0 spiro atoms. The number of carbonyl (C=O) groups is 1. The zero-order valence-corrected chi connectivity index (χ0v) is 35.9. The Labute approximate surface area is 356 Å². The number of ether oxygens (including phenoxy) is 2. The van der Waals surface area contributed by atoms with Crippen LogP contribution in [0.2, 0.25) is 0 Å². The number of nitrogens with zero attached hydrogens (tertiary/aromatic N) is 8. The number of aromatic nitrogens is 8. The van der Waals surface area contributed by atoms with Crippen LogP contribution in [0, 0.1) is 39.3 Å². The van der Waals surface area contributed by atoms with E-state index in [-0.39, 0.29) is 29.6 Å². The van der Waals surface area contributed by atoms with Crippen LogP contribution in [0.3, 0.4) is 0 Å². The van der Waals surface area contributed by atoms with Crippen LogP contribution in [0.5, 0.6) is 11.5 Å². The molecule has 0 bridgehead atoms. The zero-order chi connectivity index (χ0) is 44.2. The number of ketones is 1. The van der Waals surface area contributed by atoms with Crippen molar-refractivity contribution in [3.63, 3.8) is 0 Å². The first-order chi connectivity index (χ1) is 29.7. The number of aliphatic hydroxyl groups excluding tert-OH is 1. The molecule has 6 aromatic heterocycles. The average Bonchev–Trinajstić information content (AvgIpc) is 3.97. The van der Waals surface area contributed by atoms with Crippen LogP contribution in [0.15, 0.2) is 70.0 Å². The lowest BCUT2D eigenvalue weighted by atomic mass is 10.1. The third kappa shape index (κ3) is 9.24. The second-order valence-electron chi connectivity index (χ2n) is 15.3. The Kier molecular flexibility index (Phi) is 12.9. The molecule has 2 aromatic carbocycles. The molecule has 0 saturated carbocycles. The lowest BCUT2D eigenvalue weighted by molar-refractivity contribution is -0.117. The van der Waals surface area contributed by atoms with Gasteiger partial charge in [0.15, 0.2) is 34.4 Å². The van der Waals surface area contributed by atoms with Crippen molar-refractivity contribution in [2.75, 3.05) is 14.2 Å². The van der Waals surface area contributed by atoms with Gasteiger partial charge in [0, 0.05) is 47.5 Å². The minimum atomic E-state index is -0.557. The number of hydrogen-bond acceptors (Lipinski definition) is 12. The van der Waals surface area contributed by atoms with Crippen LogP contribution in [-0.2, 0) is 43.6 Å². The molecule has 14 nitrogen and oxygen atoms in total. The van der Waals surface area contributed by atoms with Gasteiger partial charge in [0.2, 0.25) is 0 Å². The molecule has 0 aliphatic carbocycles. The van der Waals surface area contributed by atoms with Crippen molar-refractivity contribution in [1.82, 2.24) is 39.4 Å². The summed E-state index contributed by atoms with van der Waals surface area (Å²) in [5, 5.41) is 18.0. The first-order valence-electron chi connectivity index (χ1n) is 20.1. The van der Waals surface area contributed by atoms with Gasteiger partial charge in [0.25, 0.3) is 0 Å². The SMILES string of the molecule is COc1ccc(CCc2nc3cc(-c4c(C)noc4C)cnc3n2CC(C)=O)cc1F.COc1ccc(CCc2nc3cc(-c4c(C)noc4C)cnc3n2CC(C)O)cc1F. The first kappa shape index (κ1) is 43.3. The third-order valence-corrected chi connectivity index (χ3v) is 10.5. The fraction of sp³-hybridized carbons (Fsp3) is 0.326. The van der Waals surface area contributed by atoms with Gasteiger partial charge >= 0.3 is 0 Å². The lowest BCUT2D eigenvalue weighted by Crippen LogP contribution is -2.15. The van der Waals surface area contributed by atoms with Crippen LogP contribution >= 0.6 is 0 Å². The number of imidazole rings is 2. The number of fused-ring (bicyclic) bond motifs is 2. The number of carbonyl (C=O) groups excluding carboxylic acids is 1. The summed E-state index contributed by atoms with van der Waals surface area (Å²) in [5.74, 6) is 2.61. The summed E-state index contributed by atoms with van der Waals surface area (Å²) in [6.45, 7) is 11.3. The molecule has 322 valence electrons. The Morgan fingerprint density at radius 3 is 1.55 bits per heavy atom. The van der Waals surface area contributed by atoms with Crippen molar-refractivity contribution >= 4 is 28.1 Å². The molecular formula is C46H48F2N8O6. The van der Waals surface area contributed by atoms with E-state index in [2.05, 4.69) is 20.3 Å². The fourth-order valence-corrected chi connectivity index (χ4v) is 7.65. The van der Waals surface area contributed by atoms with E-state index in [1.54, 1.807) is 31.5 Å². The normalized spacial score (nSPS) is 11.9. The van der Waals surface area contributed by atoms with Gasteiger partial charge in [-0.3, -0.25) is 4.79 Å². The quantitative estimate of drug-likeness (QED) is 0.111. The van der Waals surface area contributed by atoms with Crippen LogP contribution < -0.4 is 9.47 Å². The Hall–Kier alpha value is -6.81. The predicted octanol–water partition coefficient (Wildman–Crippen LogP) is 8.24. The van der Waals surface area contributed by atoms with E-state index in [0.717, 1.165) is 67.7 Å². The van der Waals surface area contributed by atoms with Crippen molar-refractivity contribution in [3.8, 4) is 33.8 Å². The number of aryl methyl sites for hydroxylation is 8. The van der Waals surface area contributed by atoms with E-state index < -0.39 is 11.9 Å². The molecule has 1 unspecified atom stereocenters. The summed E-state index contributed by atoms with van der Waals surface area (Å²) in [5.41, 5.74) is 9.56. The Bertz CT molecular complexity index is 2860. The van der Waals surface area contributed by atoms with Gasteiger partial charge in [0.05, 0.1) is 44.8 Å². The van der Waals surface area contributed by atoms with E-state index in [1.165, 1.54) is 33.3 Å². The minimum absolute atomic E-state index is 0.00708. The molecule has 1 N–H and O–H groups in total. The number of halogens is 2. The van der Waals surface area contributed by atoms with Crippen molar-refractivity contribution in [2.45, 2.75) is 86.4 Å². The van der Waals surface area contributed by atoms with Crippen molar-refractivity contribution in [3.05, 3.63) is 118 Å². The summed E-state index contributed by atoms with van der Waals surface area (Å²) in [4.78, 5) is 30.6. The van der Waals surface area contributed by atoms with E-state index >= 15 is 0 Å². The van der Waals surface area contributed by atoms with Gasteiger partial charge in [0.1, 0.15) is 40.0 Å². The topological polar surface area (TPSA) is 169 Å². The minimum Gasteiger partial charge on any atom is -0.494 e. The highest BCUT2D eigenvalue weighted by Gasteiger charge is 2.20. The summed E-state index contributed by atoms with van der Waals surface area (Å²) in [6, 6.07) is 13.7. The van der Waals surface area contributed by atoms with Crippen LogP contribution in [0.4, 0.5) is 8.78 Å². The standard InChI is InChI=1S/C23H25FN4O3.C23H23FN4O3/c2*1-13(29)12-28-21(8-6-16-5-7-20(30-4)18(24)9-16)26-19-10-17(11-25-23(19)28)22-14(2)27-31-15(22)3/h5,7,9-11,13,29H,6,8,12H2,1-4H3;5,7,9-11H,6,8,12H2,1-4H3. The summed E-state index contributed by atoms with van der Waals surface area (Å²) >= 11 is 0. The van der Waals surface area contributed by atoms with Gasteiger partial charge < -0.3 is 32.8 Å². The lowest BCUT2D eigenvalue weighted by Gasteiger charge is -2.11. The zero-order valence-electron chi connectivity index (χ0n) is 35.9. The van der Waals surface area contributed by atoms with Crippen molar-refractivity contribution in [1.29, 1.82) is 0 Å². The first-order valence-corrected chi connectivity index (χ1v) is 20.1. The number of benzene rings is 2. The number of methoxy groups -OCH3 is 2. The molecule has 16 heteroatoms. The highest BCUT2D eigenvalue weighted by atomic mass is 19.1. The Morgan fingerprint density at radius 1 is 0.710 bits per heavy atom. The van der Waals surface area contributed by atoms with E-state index in [4.69, 9.17) is 28.5 Å². The molecule has 8 rings (SSSR count). The monoisotopic (exact) mass is 846 g/mol. The number of rotatable bonds is 14. The number of Topliss-reactive ketones (excluding diaryl/α,β-unsaturated/α-hetero) is 1. The summed E-state index contributed by atoms with van der Waals surface area (Å²) < 4.78 is 52.3. The number of aliphatic hydroxyl groups is 1. The third-order valence-electron chi connectivity index (χ3n) is 10.5. The van der Waals surface area contributed by atoms with Crippen LogP contribution in [-0.4, -0.2) is 70.6 Å². The predicted molar refractivity (Wildman–Crippen MR) is 228 cm³/mol. The second-order valence-corrected chi connectivity index (χ2v) is 15.3. The van der Waals surface area contributed by atoms with E-state index in [9.17, 15) is 18.7 Å². The molecule has 6 heterocycles. The van der Waals surface area contributed by atoms with Crippen LogP contribution in [0.1, 0.15) is 59.5 Å². The molecule has 0 aliphatic heterocycles. The largest absolute Gasteiger partial charge is 0.494 e. The molecule has 0 amide bonds. The van der Waals surface area contributed by atoms with Gasteiger partial charge in [-0.2, -0.15) is 0 Å². The molecule has 0 fully saturated rings. The molecular weight excluding hydrogens is 799 g/mol. The Morgan fingerprint density at radius 2 is 1.16 bits per heavy atom. The average molecular weight is 847 g/mol. The van der Waals surface area contributed by atoms with Gasteiger partial charge in [-0.1, -0.05) is 22.4 Å². The maximum atomic E-state index is 14.0. The van der Waals surface area contributed by atoms with Gasteiger partial charge in [-0.15, -0.1) is 0 Å². The molecule has 0 saturated heterocycles. The molecule has 0 radical (unpaired) electrons. The van der Waals surface area contributed by atoms with Crippen molar-refractivity contribution < 1.29 is 37.2 Å². The highest BCUT2D eigenvalue weighted by molar-refractivity contribution is 5.83. The van der Waals surface area contributed by atoms with Gasteiger partial charge in [-0.25, -0.2) is 28.7 Å². The maximum absolute atomic E-state index is 14.0. The van der Waals surface area contributed by atoms with E-state index in [1.807, 2.05) is 61.1 Å².